The monoisotopic (exact) mass is 317 g/mol. The minimum Gasteiger partial charge on any atom is -0.480 e. The van der Waals surface area contributed by atoms with Crippen LogP contribution in [0.2, 0.25) is 0 Å². The zero-order chi connectivity index (χ0) is 17.0. The summed E-state index contributed by atoms with van der Waals surface area (Å²) in [5.41, 5.74) is 0.221. The first-order valence-electron chi connectivity index (χ1n) is 7.40. The van der Waals surface area contributed by atoms with Crippen molar-refractivity contribution in [3.05, 3.63) is 40.9 Å². The second-order valence-corrected chi connectivity index (χ2v) is 5.46. The lowest BCUT2D eigenvalue weighted by Crippen LogP contribution is -2.46. The molecule has 0 radical (unpaired) electrons. The Morgan fingerprint density at radius 1 is 1.35 bits per heavy atom. The minimum absolute atomic E-state index is 0.206. The van der Waals surface area contributed by atoms with E-state index in [0.717, 1.165) is 0 Å². The molecule has 0 unspecified atom stereocenters. The lowest BCUT2D eigenvalue weighted by atomic mass is 9.99. The van der Waals surface area contributed by atoms with Gasteiger partial charge in [0, 0.05) is 0 Å². The van der Waals surface area contributed by atoms with Crippen LogP contribution in [-0.4, -0.2) is 32.6 Å². The first kappa shape index (κ1) is 16.7. The molecule has 1 aromatic heterocycles. The Labute approximate surface area is 133 Å². The van der Waals surface area contributed by atoms with Crippen molar-refractivity contribution in [2.24, 2.45) is 5.92 Å². The highest BCUT2D eigenvalue weighted by molar-refractivity contribution is 5.84. The zero-order valence-corrected chi connectivity index (χ0v) is 13.0. The van der Waals surface area contributed by atoms with E-state index >= 15 is 0 Å². The maximum absolute atomic E-state index is 12.3. The summed E-state index contributed by atoms with van der Waals surface area (Å²) in [6.07, 6.45) is 1.91. The summed E-state index contributed by atoms with van der Waals surface area (Å²) in [6.45, 7) is 3.34. The van der Waals surface area contributed by atoms with Gasteiger partial charge in [0.2, 0.25) is 5.91 Å². The minimum atomic E-state index is -1.09. The highest BCUT2D eigenvalue weighted by atomic mass is 16.4. The number of nitrogens with one attached hydrogen (secondary N) is 1. The van der Waals surface area contributed by atoms with Crippen LogP contribution in [0.5, 0.6) is 0 Å². The van der Waals surface area contributed by atoms with Crippen LogP contribution >= 0.6 is 0 Å². The number of benzene rings is 1. The van der Waals surface area contributed by atoms with Gasteiger partial charge in [-0.3, -0.25) is 14.2 Å². The molecule has 7 nitrogen and oxygen atoms in total. The predicted molar refractivity (Wildman–Crippen MR) is 85.0 cm³/mol. The van der Waals surface area contributed by atoms with Gasteiger partial charge in [0.25, 0.3) is 5.56 Å². The number of fused-ring (bicyclic) bond motifs is 1. The van der Waals surface area contributed by atoms with Gasteiger partial charge in [-0.05, 0) is 18.1 Å². The molecule has 1 amide bonds. The Kier molecular flexibility index (Phi) is 5.10. The van der Waals surface area contributed by atoms with E-state index in [1.165, 1.54) is 10.9 Å². The molecule has 2 atom stereocenters. The van der Waals surface area contributed by atoms with Crippen LogP contribution in [0.3, 0.4) is 0 Å². The third-order valence-electron chi connectivity index (χ3n) is 3.84. The van der Waals surface area contributed by atoms with Gasteiger partial charge in [0.05, 0.1) is 17.2 Å². The van der Waals surface area contributed by atoms with Crippen LogP contribution in [0, 0.1) is 5.92 Å². The van der Waals surface area contributed by atoms with Crippen molar-refractivity contribution in [1.82, 2.24) is 14.9 Å². The Hall–Kier alpha value is -2.70. The van der Waals surface area contributed by atoms with Gasteiger partial charge in [-0.2, -0.15) is 0 Å². The van der Waals surface area contributed by atoms with E-state index in [1.807, 2.05) is 6.92 Å². The molecule has 2 aromatic rings. The number of hydrogen-bond donors (Lipinski definition) is 2. The molecule has 122 valence electrons. The first-order valence-corrected chi connectivity index (χ1v) is 7.40. The maximum atomic E-state index is 12.3. The second kappa shape index (κ2) is 7.04. The Balaban J connectivity index is 2.19. The van der Waals surface area contributed by atoms with Crippen molar-refractivity contribution in [3.8, 4) is 0 Å². The molecule has 0 fully saturated rings. The number of amides is 1. The largest absolute Gasteiger partial charge is 0.480 e. The number of carbonyl (C=O) groups is 2. The number of carbonyl (C=O) groups excluding carboxylic acids is 1. The summed E-state index contributed by atoms with van der Waals surface area (Å²) in [6, 6.07) is 5.87. The average molecular weight is 317 g/mol. The molecule has 1 heterocycles. The van der Waals surface area contributed by atoms with Gasteiger partial charge < -0.3 is 10.4 Å². The van der Waals surface area contributed by atoms with E-state index in [2.05, 4.69) is 10.3 Å². The highest BCUT2D eigenvalue weighted by Crippen LogP contribution is 2.08. The molecule has 0 aliphatic carbocycles. The molecule has 2 rings (SSSR count). The van der Waals surface area contributed by atoms with E-state index in [4.69, 9.17) is 0 Å². The van der Waals surface area contributed by atoms with Crippen molar-refractivity contribution in [3.63, 3.8) is 0 Å². The SMILES string of the molecule is CC[C@H](C)[C@H](NC(=O)Cn1cnc2ccccc2c1=O)C(=O)O. The summed E-state index contributed by atoms with van der Waals surface area (Å²) in [7, 11) is 0. The molecule has 0 aliphatic rings. The lowest BCUT2D eigenvalue weighted by Gasteiger charge is -2.20. The van der Waals surface area contributed by atoms with Crippen LogP contribution in [0.25, 0.3) is 10.9 Å². The molecule has 0 bridgehead atoms. The molecule has 0 saturated heterocycles. The number of rotatable bonds is 6. The van der Waals surface area contributed by atoms with Gasteiger partial charge in [0.15, 0.2) is 0 Å². The summed E-state index contributed by atoms with van der Waals surface area (Å²) in [4.78, 5) is 39.7. The van der Waals surface area contributed by atoms with E-state index in [9.17, 15) is 19.5 Å². The van der Waals surface area contributed by atoms with E-state index in [-0.39, 0.29) is 18.0 Å². The molecular formula is C16H19N3O4. The van der Waals surface area contributed by atoms with E-state index in [0.29, 0.717) is 17.3 Å². The molecule has 23 heavy (non-hydrogen) atoms. The summed E-state index contributed by atoms with van der Waals surface area (Å²) in [5, 5.41) is 12.1. The summed E-state index contributed by atoms with van der Waals surface area (Å²) in [5.74, 6) is -1.82. The first-order chi connectivity index (χ1) is 10.9. The standard InChI is InChI=1S/C16H19N3O4/c1-3-10(2)14(16(22)23)18-13(20)8-19-9-17-12-7-5-4-6-11(12)15(19)21/h4-7,9-10,14H,3,8H2,1-2H3,(H,18,20)(H,22,23)/t10-,14-/m0/s1. The summed E-state index contributed by atoms with van der Waals surface area (Å²) < 4.78 is 1.17. The smallest absolute Gasteiger partial charge is 0.326 e. The Morgan fingerprint density at radius 2 is 2.04 bits per heavy atom. The summed E-state index contributed by atoms with van der Waals surface area (Å²) >= 11 is 0. The van der Waals surface area contributed by atoms with Gasteiger partial charge in [-0.1, -0.05) is 32.4 Å². The van der Waals surface area contributed by atoms with Crippen molar-refractivity contribution < 1.29 is 14.7 Å². The third-order valence-corrected chi connectivity index (χ3v) is 3.84. The van der Waals surface area contributed by atoms with Crippen LogP contribution in [0.15, 0.2) is 35.4 Å². The maximum Gasteiger partial charge on any atom is 0.326 e. The normalized spacial score (nSPS) is 13.5. The molecule has 0 saturated carbocycles. The fraction of sp³-hybridized carbons (Fsp3) is 0.375. The van der Waals surface area contributed by atoms with Gasteiger partial charge in [-0.15, -0.1) is 0 Å². The van der Waals surface area contributed by atoms with Crippen LogP contribution in [-0.2, 0) is 16.1 Å². The molecule has 1 aromatic carbocycles. The van der Waals surface area contributed by atoms with Gasteiger partial charge >= 0.3 is 5.97 Å². The number of nitrogens with zero attached hydrogens (tertiary/aromatic N) is 2. The van der Waals surface area contributed by atoms with Crippen LogP contribution in [0.4, 0.5) is 0 Å². The zero-order valence-electron chi connectivity index (χ0n) is 13.0. The van der Waals surface area contributed by atoms with Gasteiger partial charge in [-0.25, -0.2) is 9.78 Å². The Bertz CT molecular complexity index is 784. The number of carboxylic acids is 1. The van der Waals surface area contributed by atoms with Crippen molar-refractivity contribution in [1.29, 1.82) is 0 Å². The van der Waals surface area contributed by atoms with Crippen LogP contribution in [0.1, 0.15) is 20.3 Å². The quantitative estimate of drug-likeness (QED) is 0.828. The third kappa shape index (κ3) is 3.74. The van der Waals surface area contributed by atoms with E-state index in [1.54, 1.807) is 31.2 Å². The fourth-order valence-electron chi connectivity index (χ4n) is 2.28. The average Bonchev–Trinajstić information content (AvgIpc) is 2.54. The fourth-order valence-corrected chi connectivity index (χ4v) is 2.28. The molecular weight excluding hydrogens is 298 g/mol. The molecule has 7 heteroatoms. The lowest BCUT2D eigenvalue weighted by molar-refractivity contribution is -0.143. The number of hydrogen-bond acceptors (Lipinski definition) is 4. The van der Waals surface area contributed by atoms with Crippen LogP contribution < -0.4 is 10.9 Å². The number of aromatic nitrogens is 2. The number of para-hydroxylation sites is 1. The van der Waals surface area contributed by atoms with Gasteiger partial charge in [0.1, 0.15) is 12.6 Å². The second-order valence-electron chi connectivity index (χ2n) is 5.46. The predicted octanol–water partition coefficient (Wildman–Crippen LogP) is 1.01. The van der Waals surface area contributed by atoms with Crippen molar-refractivity contribution in [2.45, 2.75) is 32.9 Å². The molecule has 2 N–H and O–H groups in total. The number of carboxylic acid groups (broad SMARTS) is 1. The number of aliphatic carboxylic acids is 1. The highest BCUT2D eigenvalue weighted by Gasteiger charge is 2.25. The Morgan fingerprint density at radius 3 is 2.70 bits per heavy atom. The molecule has 0 spiro atoms. The molecule has 0 aliphatic heterocycles. The topological polar surface area (TPSA) is 101 Å². The van der Waals surface area contributed by atoms with Crippen molar-refractivity contribution >= 4 is 22.8 Å². The van der Waals surface area contributed by atoms with Crippen molar-refractivity contribution in [2.75, 3.05) is 0 Å². The van der Waals surface area contributed by atoms with E-state index < -0.39 is 17.9 Å².